The van der Waals surface area contributed by atoms with Gasteiger partial charge >= 0.3 is 6.09 Å². The van der Waals surface area contributed by atoms with Gasteiger partial charge in [-0.15, -0.1) is 0 Å². The molecule has 132 valence electrons. The Bertz CT molecular complexity index is 576. The second-order valence-corrected chi connectivity index (χ2v) is 7.80. The van der Waals surface area contributed by atoms with Crippen molar-refractivity contribution in [3.63, 3.8) is 0 Å². The van der Waals surface area contributed by atoms with E-state index >= 15 is 0 Å². The van der Waals surface area contributed by atoms with Crippen molar-refractivity contribution in [2.24, 2.45) is 0 Å². The Kier molecular flexibility index (Phi) is 4.97. The second kappa shape index (κ2) is 6.99. The fourth-order valence-electron chi connectivity index (χ4n) is 3.67. The number of amides is 1. The zero-order valence-corrected chi connectivity index (χ0v) is 15.1. The van der Waals surface area contributed by atoms with Crippen molar-refractivity contribution < 1.29 is 9.53 Å². The van der Waals surface area contributed by atoms with Gasteiger partial charge in [0.2, 0.25) is 0 Å². The normalized spacial score (nSPS) is 21.9. The summed E-state index contributed by atoms with van der Waals surface area (Å²) in [5.74, 6) is 1.05. The van der Waals surface area contributed by atoms with Crippen LogP contribution in [0.25, 0.3) is 0 Å². The summed E-state index contributed by atoms with van der Waals surface area (Å²) >= 11 is 0. The van der Waals surface area contributed by atoms with E-state index in [1.54, 1.807) is 0 Å². The van der Waals surface area contributed by atoms with E-state index in [-0.39, 0.29) is 12.1 Å². The quantitative estimate of drug-likeness (QED) is 0.817. The van der Waals surface area contributed by atoms with Gasteiger partial charge in [0.05, 0.1) is 6.04 Å². The Balaban J connectivity index is 1.83. The first-order valence-corrected chi connectivity index (χ1v) is 9.15. The summed E-state index contributed by atoms with van der Waals surface area (Å²) in [7, 11) is 0. The number of rotatable bonds is 2. The van der Waals surface area contributed by atoms with E-state index in [1.807, 2.05) is 37.9 Å². The summed E-state index contributed by atoms with van der Waals surface area (Å²) in [5, 5.41) is 0. The molecule has 0 radical (unpaired) electrons. The van der Waals surface area contributed by atoms with Crippen LogP contribution in [-0.2, 0) is 4.74 Å². The van der Waals surface area contributed by atoms with Crippen molar-refractivity contribution in [3.05, 3.63) is 23.9 Å². The summed E-state index contributed by atoms with van der Waals surface area (Å²) in [6.07, 6.45) is 7.38. The molecular formula is C19H29N3O2. The summed E-state index contributed by atoms with van der Waals surface area (Å²) in [6, 6.07) is 4.18. The predicted molar refractivity (Wildman–Crippen MR) is 95.2 cm³/mol. The molecule has 1 aromatic heterocycles. The SMILES string of the molecule is CC(C)(C)OC(=O)N1CCC[C@@H]1c1cccnc1N1CCCCC1. The third kappa shape index (κ3) is 3.82. The molecule has 0 saturated carbocycles. The molecule has 0 spiro atoms. The average Bonchev–Trinajstić information content (AvgIpc) is 3.04. The van der Waals surface area contributed by atoms with Crippen LogP contribution in [0.1, 0.15) is 64.5 Å². The number of hydrogen-bond acceptors (Lipinski definition) is 4. The molecule has 1 atom stereocenters. The van der Waals surface area contributed by atoms with Gasteiger partial charge in [-0.3, -0.25) is 0 Å². The molecule has 3 heterocycles. The molecule has 0 N–H and O–H groups in total. The molecule has 5 nitrogen and oxygen atoms in total. The average molecular weight is 331 g/mol. The van der Waals surface area contributed by atoms with Gasteiger partial charge in [0.25, 0.3) is 0 Å². The van der Waals surface area contributed by atoms with Gasteiger partial charge < -0.3 is 14.5 Å². The maximum atomic E-state index is 12.6. The van der Waals surface area contributed by atoms with E-state index in [2.05, 4.69) is 16.0 Å². The highest BCUT2D eigenvalue weighted by molar-refractivity contribution is 5.70. The molecule has 1 amide bonds. The van der Waals surface area contributed by atoms with Crippen molar-refractivity contribution in [2.75, 3.05) is 24.5 Å². The van der Waals surface area contributed by atoms with Gasteiger partial charge in [0.15, 0.2) is 0 Å². The number of carbonyl (C=O) groups excluding carboxylic acids is 1. The van der Waals surface area contributed by atoms with Crippen LogP contribution in [0.4, 0.5) is 10.6 Å². The van der Waals surface area contributed by atoms with E-state index in [4.69, 9.17) is 4.74 Å². The lowest BCUT2D eigenvalue weighted by atomic mass is 10.0. The lowest BCUT2D eigenvalue weighted by Crippen LogP contribution is -2.37. The zero-order valence-electron chi connectivity index (χ0n) is 15.1. The minimum atomic E-state index is -0.463. The summed E-state index contributed by atoms with van der Waals surface area (Å²) in [5.41, 5.74) is 0.706. The molecule has 0 bridgehead atoms. The van der Waals surface area contributed by atoms with Crippen LogP contribution in [0, 0.1) is 0 Å². The van der Waals surface area contributed by atoms with Crippen LogP contribution in [0.15, 0.2) is 18.3 Å². The molecule has 1 aromatic rings. The highest BCUT2D eigenvalue weighted by Gasteiger charge is 2.35. The van der Waals surface area contributed by atoms with Gasteiger partial charge in [-0.2, -0.15) is 0 Å². The van der Waals surface area contributed by atoms with E-state index in [0.29, 0.717) is 0 Å². The van der Waals surface area contributed by atoms with Gasteiger partial charge in [-0.1, -0.05) is 6.07 Å². The fourth-order valence-corrected chi connectivity index (χ4v) is 3.67. The largest absolute Gasteiger partial charge is 0.444 e. The molecule has 24 heavy (non-hydrogen) atoms. The Morgan fingerprint density at radius 1 is 1.17 bits per heavy atom. The minimum Gasteiger partial charge on any atom is -0.444 e. The van der Waals surface area contributed by atoms with Gasteiger partial charge in [-0.05, 0) is 58.9 Å². The Morgan fingerprint density at radius 3 is 2.62 bits per heavy atom. The maximum Gasteiger partial charge on any atom is 0.410 e. The number of carbonyl (C=O) groups is 1. The van der Waals surface area contributed by atoms with Crippen molar-refractivity contribution in [3.8, 4) is 0 Å². The first-order chi connectivity index (χ1) is 11.5. The Labute approximate surface area is 145 Å². The molecule has 2 aliphatic rings. The predicted octanol–water partition coefficient (Wildman–Crippen LogP) is 4.14. The van der Waals surface area contributed by atoms with Crippen molar-refractivity contribution in [2.45, 2.75) is 64.5 Å². The minimum absolute atomic E-state index is 0.0745. The zero-order chi connectivity index (χ0) is 17.2. The molecule has 0 unspecified atom stereocenters. The third-order valence-electron chi connectivity index (χ3n) is 4.71. The van der Waals surface area contributed by atoms with Gasteiger partial charge in [0.1, 0.15) is 11.4 Å². The summed E-state index contributed by atoms with van der Waals surface area (Å²) < 4.78 is 5.61. The number of nitrogens with zero attached hydrogens (tertiary/aromatic N) is 3. The topological polar surface area (TPSA) is 45.7 Å². The number of likely N-dealkylation sites (tertiary alicyclic amines) is 1. The number of aromatic nitrogens is 1. The fraction of sp³-hybridized carbons (Fsp3) is 0.684. The first-order valence-electron chi connectivity index (χ1n) is 9.15. The second-order valence-electron chi connectivity index (χ2n) is 7.80. The lowest BCUT2D eigenvalue weighted by Gasteiger charge is -2.33. The standard InChI is InChI=1S/C19H29N3O2/c1-19(2,3)24-18(23)22-14-8-10-16(22)15-9-7-11-20-17(15)21-12-5-4-6-13-21/h7,9,11,16H,4-6,8,10,12-14H2,1-3H3/t16-/m1/s1. The number of anilines is 1. The monoisotopic (exact) mass is 331 g/mol. The molecule has 2 saturated heterocycles. The molecule has 0 aliphatic carbocycles. The molecular weight excluding hydrogens is 302 g/mol. The third-order valence-corrected chi connectivity index (χ3v) is 4.71. The smallest absolute Gasteiger partial charge is 0.410 e. The van der Waals surface area contributed by atoms with Gasteiger partial charge in [-0.25, -0.2) is 9.78 Å². The lowest BCUT2D eigenvalue weighted by molar-refractivity contribution is 0.0224. The Hall–Kier alpha value is -1.78. The van der Waals surface area contributed by atoms with Crippen LogP contribution >= 0.6 is 0 Å². The number of piperidine rings is 1. The Morgan fingerprint density at radius 2 is 1.92 bits per heavy atom. The molecule has 2 aliphatic heterocycles. The number of ether oxygens (including phenoxy) is 1. The molecule has 3 rings (SSSR count). The number of hydrogen-bond donors (Lipinski definition) is 0. The van der Waals surface area contributed by atoms with Gasteiger partial charge in [0, 0.05) is 31.4 Å². The van der Waals surface area contributed by atoms with E-state index < -0.39 is 5.60 Å². The summed E-state index contributed by atoms with van der Waals surface area (Å²) in [4.78, 5) is 21.5. The van der Waals surface area contributed by atoms with Crippen LogP contribution in [0.2, 0.25) is 0 Å². The van der Waals surface area contributed by atoms with Crippen molar-refractivity contribution in [1.29, 1.82) is 0 Å². The maximum absolute atomic E-state index is 12.6. The van der Waals surface area contributed by atoms with Crippen molar-refractivity contribution in [1.82, 2.24) is 9.88 Å². The first kappa shape index (κ1) is 17.1. The molecule has 2 fully saturated rings. The van der Waals surface area contributed by atoms with Crippen LogP contribution in [0.3, 0.4) is 0 Å². The van der Waals surface area contributed by atoms with E-state index in [9.17, 15) is 4.79 Å². The highest BCUT2D eigenvalue weighted by Crippen LogP contribution is 2.37. The summed E-state index contributed by atoms with van der Waals surface area (Å²) in [6.45, 7) is 8.62. The van der Waals surface area contributed by atoms with Crippen LogP contribution < -0.4 is 4.90 Å². The highest BCUT2D eigenvalue weighted by atomic mass is 16.6. The molecule has 5 heteroatoms. The van der Waals surface area contributed by atoms with Crippen molar-refractivity contribution >= 4 is 11.9 Å². The van der Waals surface area contributed by atoms with E-state index in [1.165, 1.54) is 24.8 Å². The van der Waals surface area contributed by atoms with Crippen LogP contribution in [-0.4, -0.2) is 41.2 Å². The van der Waals surface area contributed by atoms with E-state index in [0.717, 1.165) is 38.3 Å². The number of pyridine rings is 1. The van der Waals surface area contributed by atoms with Crippen LogP contribution in [0.5, 0.6) is 0 Å². The molecule has 0 aromatic carbocycles.